The molecule has 136 valence electrons. The van der Waals surface area contributed by atoms with E-state index >= 15 is 0 Å². The third-order valence-electron chi connectivity index (χ3n) is 4.70. The topological polar surface area (TPSA) is 50.8 Å². The highest BCUT2D eigenvalue weighted by Gasteiger charge is 2.35. The number of rotatable bonds is 4. The van der Waals surface area contributed by atoms with Gasteiger partial charge in [0.15, 0.2) is 0 Å². The quantitative estimate of drug-likeness (QED) is 0.746. The Morgan fingerprint density at radius 1 is 0.889 bits per heavy atom. The van der Waals surface area contributed by atoms with Crippen LogP contribution < -0.4 is 19.7 Å². The number of nitrogens with zero attached hydrogens (tertiary/aromatic N) is 1. The number of amides is 1. The summed E-state index contributed by atoms with van der Waals surface area (Å²) in [5, 5.41) is 3.49. The second-order valence-corrected chi connectivity index (χ2v) is 6.21. The number of benzene rings is 3. The first-order chi connectivity index (χ1) is 13.2. The van der Waals surface area contributed by atoms with Crippen LogP contribution in [0.3, 0.4) is 0 Å². The summed E-state index contributed by atoms with van der Waals surface area (Å²) in [6.45, 7) is 0. The average molecular weight is 360 g/mol. The summed E-state index contributed by atoms with van der Waals surface area (Å²) in [5.41, 5.74) is 3.11. The van der Waals surface area contributed by atoms with E-state index in [0.29, 0.717) is 17.1 Å². The molecule has 0 fully saturated rings. The van der Waals surface area contributed by atoms with Gasteiger partial charge in [0.2, 0.25) is 0 Å². The van der Waals surface area contributed by atoms with Gasteiger partial charge in [0.1, 0.15) is 17.7 Å². The Morgan fingerprint density at radius 2 is 1.63 bits per heavy atom. The van der Waals surface area contributed by atoms with Crippen molar-refractivity contribution in [2.45, 2.75) is 6.17 Å². The summed E-state index contributed by atoms with van der Waals surface area (Å²) in [7, 11) is 3.23. The largest absolute Gasteiger partial charge is 0.497 e. The van der Waals surface area contributed by atoms with Gasteiger partial charge in [-0.15, -0.1) is 0 Å². The van der Waals surface area contributed by atoms with Gasteiger partial charge in [-0.25, -0.2) is 0 Å². The van der Waals surface area contributed by atoms with Crippen LogP contribution in [0, 0.1) is 0 Å². The van der Waals surface area contributed by atoms with Gasteiger partial charge in [0, 0.05) is 23.0 Å². The first-order valence-corrected chi connectivity index (χ1v) is 8.69. The molecule has 5 heteroatoms. The third kappa shape index (κ3) is 2.97. The number of anilines is 2. The smallest absolute Gasteiger partial charge is 0.262 e. The van der Waals surface area contributed by atoms with Gasteiger partial charge >= 0.3 is 0 Å². The number of para-hydroxylation sites is 2. The number of carbonyl (C=O) groups excluding carboxylic acids is 1. The highest BCUT2D eigenvalue weighted by Crippen LogP contribution is 2.40. The van der Waals surface area contributed by atoms with Gasteiger partial charge < -0.3 is 14.8 Å². The standard InChI is InChI=1S/C22H20N2O3/c1-26-16-12-13-18(20(14-16)27-2)21-23-19-11-7-6-10-17(19)22(25)24(21)15-8-4-3-5-9-15/h3-14,21,23H,1-2H3/t21-/m0/s1. The Bertz CT molecular complexity index is 972. The van der Waals surface area contributed by atoms with E-state index in [4.69, 9.17) is 9.47 Å². The maximum atomic E-state index is 13.3. The van der Waals surface area contributed by atoms with Crippen molar-refractivity contribution in [1.29, 1.82) is 0 Å². The molecule has 4 rings (SSSR count). The van der Waals surface area contributed by atoms with Crippen LogP contribution in [-0.2, 0) is 0 Å². The van der Waals surface area contributed by atoms with Crippen molar-refractivity contribution >= 4 is 17.3 Å². The zero-order valence-electron chi connectivity index (χ0n) is 15.2. The fourth-order valence-electron chi connectivity index (χ4n) is 3.37. The lowest BCUT2D eigenvalue weighted by Crippen LogP contribution is -2.43. The fourth-order valence-corrected chi connectivity index (χ4v) is 3.37. The zero-order chi connectivity index (χ0) is 18.8. The first-order valence-electron chi connectivity index (χ1n) is 8.69. The molecule has 0 spiro atoms. The molecule has 0 unspecified atom stereocenters. The molecular weight excluding hydrogens is 340 g/mol. The van der Waals surface area contributed by atoms with Crippen LogP contribution in [0.4, 0.5) is 11.4 Å². The lowest BCUT2D eigenvalue weighted by molar-refractivity contribution is 0.0974. The molecule has 1 N–H and O–H groups in total. The molecule has 27 heavy (non-hydrogen) atoms. The van der Waals surface area contributed by atoms with Crippen molar-refractivity contribution in [2.75, 3.05) is 24.4 Å². The van der Waals surface area contributed by atoms with E-state index in [0.717, 1.165) is 16.9 Å². The molecule has 1 aliphatic rings. The van der Waals surface area contributed by atoms with E-state index < -0.39 is 6.17 Å². The number of carbonyl (C=O) groups is 1. The van der Waals surface area contributed by atoms with Crippen LogP contribution in [0.15, 0.2) is 72.8 Å². The normalized spacial score (nSPS) is 15.7. The minimum absolute atomic E-state index is 0.0570. The SMILES string of the molecule is COc1ccc([C@H]2Nc3ccccc3C(=O)N2c2ccccc2)c(OC)c1. The maximum Gasteiger partial charge on any atom is 0.262 e. The highest BCUT2D eigenvalue weighted by molar-refractivity contribution is 6.12. The minimum atomic E-state index is -0.407. The van der Waals surface area contributed by atoms with Crippen molar-refractivity contribution in [3.8, 4) is 11.5 Å². The van der Waals surface area contributed by atoms with E-state index in [-0.39, 0.29) is 5.91 Å². The van der Waals surface area contributed by atoms with Gasteiger partial charge in [-0.3, -0.25) is 9.69 Å². The van der Waals surface area contributed by atoms with Crippen molar-refractivity contribution in [3.05, 3.63) is 83.9 Å². The summed E-state index contributed by atoms with van der Waals surface area (Å²) in [6.07, 6.45) is -0.407. The second-order valence-electron chi connectivity index (χ2n) is 6.21. The molecule has 0 bridgehead atoms. The molecule has 0 saturated heterocycles. The summed E-state index contributed by atoms with van der Waals surface area (Å²) in [5.74, 6) is 1.29. The van der Waals surface area contributed by atoms with Crippen LogP contribution in [-0.4, -0.2) is 20.1 Å². The van der Waals surface area contributed by atoms with Crippen LogP contribution in [0.2, 0.25) is 0 Å². The molecule has 1 heterocycles. The summed E-state index contributed by atoms with van der Waals surface area (Å²) in [4.78, 5) is 15.1. The fraction of sp³-hybridized carbons (Fsp3) is 0.136. The third-order valence-corrected chi connectivity index (χ3v) is 4.70. The Hall–Kier alpha value is -3.47. The molecule has 1 aliphatic heterocycles. The lowest BCUT2D eigenvalue weighted by Gasteiger charge is -2.38. The predicted octanol–water partition coefficient (Wildman–Crippen LogP) is 4.47. The lowest BCUT2D eigenvalue weighted by atomic mass is 10.0. The molecule has 0 aromatic heterocycles. The Morgan fingerprint density at radius 3 is 2.37 bits per heavy atom. The van der Waals surface area contributed by atoms with E-state index in [9.17, 15) is 4.79 Å². The Balaban J connectivity index is 1.88. The van der Waals surface area contributed by atoms with E-state index in [1.807, 2.05) is 72.8 Å². The van der Waals surface area contributed by atoms with Crippen molar-refractivity contribution in [3.63, 3.8) is 0 Å². The Kier molecular flexibility index (Phi) is 4.42. The molecule has 1 atom stereocenters. The van der Waals surface area contributed by atoms with Gasteiger partial charge in [0.25, 0.3) is 5.91 Å². The van der Waals surface area contributed by atoms with E-state index in [2.05, 4.69) is 5.32 Å². The average Bonchev–Trinajstić information content (AvgIpc) is 2.73. The molecule has 5 nitrogen and oxygen atoms in total. The summed E-state index contributed by atoms with van der Waals surface area (Å²) < 4.78 is 10.9. The van der Waals surface area contributed by atoms with Crippen molar-refractivity contribution in [1.82, 2.24) is 0 Å². The van der Waals surface area contributed by atoms with Gasteiger partial charge in [-0.1, -0.05) is 30.3 Å². The van der Waals surface area contributed by atoms with Crippen molar-refractivity contribution in [2.24, 2.45) is 0 Å². The minimum Gasteiger partial charge on any atom is -0.497 e. The van der Waals surface area contributed by atoms with Gasteiger partial charge in [-0.2, -0.15) is 0 Å². The van der Waals surface area contributed by atoms with Crippen LogP contribution in [0.5, 0.6) is 11.5 Å². The molecule has 0 saturated carbocycles. The molecule has 1 amide bonds. The number of methoxy groups -OCH3 is 2. The molecule has 3 aromatic rings. The summed E-state index contributed by atoms with van der Waals surface area (Å²) in [6, 6.07) is 22.8. The Labute approximate surface area is 158 Å². The second kappa shape index (κ2) is 7.03. The van der Waals surface area contributed by atoms with Crippen LogP contribution in [0.25, 0.3) is 0 Å². The number of nitrogens with one attached hydrogen (secondary N) is 1. The van der Waals surface area contributed by atoms with Gasteiger partial charge in [0.05, 0.1) is 19.8 Å². The van der Waals surface area contributed by atoms with E-state index in [1.165, 1.54) is 0 Å². The molecule has 0 aliphatic carbocycles. The molecule has 3 aromatic carbocycles. The van der Waals surface area contributed by atoms with Gasteiger partial charge in [-0.05, 0) is 36.4 Å². The predicted molar refractivity (Wildman–Crippen MR) is 106 cm³/mol. The number of hydrogen-bond acceptors (Lipinski definition) is 4. The van der Waals surface area contributed by atoms with E-state index in [1.54, 1.807) is 19.1 Å². The number of fused-ring (bicyclic) bond motifs is 1. The van der Waals surface area contributed by atoms with Crippen molar-refractivity contribution < 1.29 is 14.3 Å². The first kappa shape index (κ1) is 17.0. The molecule has 0 radical (unpaired) electrons. The monoisotopic (exact) mass is 360 g/mol. The zero-order valence-corrected chi connectivity index (χ0v) is 15.2. The molecular formula is C22H20N2O3. The summed E-state index contributed by atoms with van der Waals surface area (Å²) >= 11 is 0. The van der Waals surface area contributed by atoms with Crippen LogP contribution in [0.1, 0.15) is 22.1 Å². The number of ether oxygens (including phenoxy) is 2. The maximum absolute atomic E-state index is 13.3. The number of hydrogen-bond donors (Lipinski definition) is 1. The van der Waals surface area contributed by atoms with Crippen LogP contribution >= 0.6 is 0 Å². The highest BCUT2D eigenvalue weighted by atomic mass is 16.5.